The Morgan fingerprint density at radius 1 is 1.09 bits per heavy atom. The summed E-state index contributed by atoms with van der Waals surface area (Å²) in [6, 6.07) is 2.03. The zero-order valence-corrected chi connectivity index (χ0v) is 25.6. The fourth-order valence-electron chi connectivity index (χ4n) is 8.43. The Bertz CT molecular complexity index is 1510. The molecule has 236 valence electrons. The van der Waals surface area contributed by atoms with Crippen LogP contribution in [0.25, 0.3) is 0 Å². The van der Waals surface area contributed by atoms with E-state index in [9.17, 15) is 34.3 Å². The standard InChI is InChI=1S/C31H41N7O6/c1-37(2)18-10-17(36-12-15-8-6-5-7-9-15)22(39)19-16(18)11-29(34)13-31(35)25(38(3)4)24(41)20(28(33)44)26(42)30(31,14-32)27(43)21(29)23(19)40/h10,15,20-21,25,36,39H,5-9,11-13,34-35H2,1-4H3,(H2,33,44)/t20?,21?,25-,29-,30+,31-/m1/s1. The number of amides is 1. The zero-order valence-electron chi connectivity index (χ0n) is 25.6. The molecule has 44 heavy (non-hydrogen) atoms. The van der Waals surface area contributed by atoms with Gasteiger partial charge in [0.05, 0.1) is 28.9 Å². The third-order valence-corrected chi connectivity index (χ3v) is 10.4. The smallest absolute Gasteiger partial charge is 0.235 e. The van der Waals surface area contributed by atoms with Crippen molar-refractivity contribution in [1.82, 2.24) is 4.90 Å². The Kier molecular flexibility index (Phi) is 7.63. The van der Waals surface area contributed by atoms with E-state index in [1.165, 1.54) is 25.4 Å². The average molecular weight is 608 g/mol. The highest BCUT2D eigenvalue weighted by Gasteiger charge is 2.78. The fourth-order valence-corrected chi connectivity index (χ4v) is 8.43. The Hall–Kier alpha value is -3.86. The molecule has 3 fully saturated rings. The Labute approximate surface area is 256 Å². The van der Waals surface area contributed by atoms with Gasteiger partial charge in [0.2, 0.25) is 5.91 Å². The molecule has 1 aromatic carbocycles. The summed E-state index contributed by atoms with van der Waals surface area (Å²) >= 11 is 0. The largest absolute Gasteiger partial charge is 0.505 e. The van der Waals surface area contributed by atoms with Crippen LogP contribution in [0, 0.1) is 34.5 Å². The number of benzene rings is 1. The lowest BCUT2D eigenvalue weighted by atomic mass is 9.42. The van der Waals surface area contributed by atoms with Crippen LogP contribution in [0.3, 0.4) is 0 Å². The fraction of sp³-hybridized carbons (Fsp3) is 0.613. The van der Waals surface area contributed by atoms with E-state index in [0.717, 1.165) is 25.7 Å². The summed E-state index contributed by atoms with van der Waals surface area (Å²) in [6.07, 6.45) is 5.00. The topological polar surface area (TPSA) is 226 Å². The van der Waals surface area contributed by atoms with Crippen molar-refractivity contribution in [3.8, 4) is 11.8 Å². The number of nitrogens with one attached hydrogen (secondary N) is 1. The second-order valence-corrected chi connectivity index (χ2v) is 13.5. The van der Waals surface area contributed by atoms with Gasteiger partial charge in [0.25, 0.3) is 0 Å². The van der Waals surface area contributed by atoms with E-state index in [1.807, 2.05) is 0 Å². The van der Waals surface area contributed by atoms with Crippen LogP contribution in [0.15, 0.2) is 6.07 Å². The normalized spacial score (nSPS) is 33.7. The summed E-state index contributed by atoms with van der Waals surface area (Å²) in [7, 11) is 6.49. The molecule has 4 aliphatic carbocycles. The first-order valence-electron chi connectivity index (χ1n) is 15.0. The number of nitriles is 1. The molecule has 1 amide bonds. The Morgan fingerprint density at radius 2 is 1.73 bits per heavy atom. The SMILES string of the molecule is CN(C)c1cc(NCC2CCCCC2)c(O)c2c1C[C@@]1(N)C[C@@]3(N)[C@H](N(C)C)C(=O)C(C(N)=O)C(=O)[C@@]3(C#N)C(=O)C1C2=O. The number of nitrogens with zero attached hydrogens (tertiary/aromatic N) is 3. The molecule has 0 heterocycles. The van der Waals surface area contributed by atoms with Crippen LogP contribution in [0.1, 0.15) is 54.4 Å². The lowest BCUT2D eigenvalue weighted by molar-refractivity contribution is -0.166. The number of nitrogens with two attached hydrogens (primary N) is 3. The number of hydrogen-bond donors (Lipinski definition) is 5. The minimum absolute atomic E-state index is 0.114. The molecule has 8 N–H and O–H groups in total. The molecule has 0 aliphatic heterocycles. The molecule has 4 aliphatic rings. The molecule has 0 aromatic heterocycles. The molecule has 0 radical (unpaired) electrons. The van der Waals surface area contributed by atoms with Crippen molar-refractivity contribution in [2.45, 2.75) is 62.1 Å². The van der Waals surface area contributed by atoms with Crippen LogP contribution < -0.4 is 27.4 Å². The van der Waals surface area contributed by atoms with Gasteiger partial charge in [0.1, 0.15) is 11.7 Å². The van der Waals surface area contributed by atoms with E-state index in [4.69, 9.17) is 17.2 Å². The zero-order chi connectivity index (χ0) is 32.5. The van der Waals surface area contributed by atoms with E-state index in [1.54, 1.807) is 31.1 Å². The number of Topliss-reactive ketones (excluding diaryl/α,β-unsaturated/α-hetero) is 4. The van der Waals surface area contributed by atoms with E-state index in [0.29, 0.717) is 29.4 Å². The summed E-state index contributed by atoms with van der Waals surface area (Å²) in [6.45, 7) is 0.590. The predicted octanol–water partition coefficient (Wildman–Crippen LogP) is -0.133. The lowest BCUT2D eigenvalue weighted by Crippen LogP contribution is -2.85. The number of phenols is 1. The number of ketones is 4. The quantitative estimate of drug-likeness (QED) is 0.210. The van der Waals surface area contributed by atoms with Gasteiger partial charge in [-0.3, -0.25) is 28.9 Å². The van der Waals surface area contributed by atoms with E-state index >= 15 is 0 Å². The van der Waals surface area contributed by atoms with Crippen molar-refractivity contribution in [2.75, 3.05) is 45.0 Å². The van der Waals surface area contributed by atoms with Gasteiger partial charge in [-0.1, -0.05) is 19.3 Å². The maximum atomic E-state index is 14.6. The van der Waals surface area contributed by atoms with Gasteiger partial charge in [-0.2, -0.15) is 5.26 Å². The van der Waals surface area contributed by atoms with Crippen LogP contribution in [0.5, 0.6) is 5.75 Å². The van der Waals surface area contributed by atoms with Gasteiger partial charge in [0.15, 0.2) is 34.5 Å². The highest BCUT2D eigenvalue weighted by Crippen LogP contribution is 2.57. The van der Waals surface area contributed by atoms with Gasteiger partial charge < -0.3 is 32.5 Å². The second-order valence-electron chi connectivity index (χ2n) is 13.5. The summed E-state index contributed by atoms with van der Waals surface area (Å²) in [4.78, 5) is 71.9. The number of hydrogen-bond acceptors (Lipinski definition) is 12. The van der Waals surface area contributed by atoms with Gasteiger partial charge in [-0.15, -0.1) is 0 Å². The number of aromatic hydroxyl groups is 1. The number of carbonyl (C=O) groups is 5. The van der Waals surface area contributed by atoms with Gasteiger partial charge >= 0.3 is 0 Å². The van der Waals surface area contributed by atoms with Gasteiger partial charge in [0, 0.05) is 31.9 Å². The number of anilines is 2. The minimum atomic E-state index is -2.77. The molecule has 13 nitrogen and oxygen atoms in total. The number of carbonyl (C=O) groups excluding carboxylic acids is 5. The molecule has 3 saturated carbocycles. The van der Waals surface area contributed by atoms with E-state index in [-0.39, 0.29) is 17.7 Å². The molecule has 0 spiro atoms. The number of phenolic OH excluding ortho intramolecular Hbond substituents is 1. The van der Waals surface area contributed by atoms with E-state index < -0.39 is 69.8 Å². The van der Waals surface area contributed by atoms with Crippen molar-refractivity contribution in [2.24, 2.45) is 40.4 Å². The first-order chi connectivity index (χ1) is 20.6. The van der Waals surface area contributed by atoms with Crippen molar-refractivity contribution in [3.05, 3.63) is 17.2 Å². The van der Waals surface area contributed by atoms with Gasteiger partial charge in [-0.25, -0.2) is 0 Å². The summed E-state index contributed by atoms with van der Waals surface area (Å²) in [5.74, 6) is -9.43. The molecule has 0 bridgehead atoms. The summed E-state index contributed by atoms with van der Waals surface area (Å²) in [5, 5.41) is 25.4. The number of fused-ring (bicyclic) bond motifs is 3. The van der Waals surface area contributed by atoms with Crippen LogP contribution >= 0.6 is 0 Å². The number of primary amides is 1. The van der Waals surface area contributed by atoms with Crippen LogP contribution in [-0.2, 0) is 25.6 Å². The highest BCUT2D eigenvalue weighted by atomic mass is 16.3. The first kappa shape index (κ1) is 31.6. The maximum absolute atomic E-state index is 14.6. The molecule has 5 rings (SSSR count). The minimum Gasteiger partial charge on any atom is -0.505 e. The third kappa shape index (κ3) is 4.18. The molecule has 6 atom stereocenters. The van der Waals surface area contributed by atoms with Gasteiger partial charge in [-0.05, 0) is 57.3 Å². The first-order valence-corrected chi connectivity index (χ1v) is 15.0. The van der Waals surface area contributed by atoms with E-state index in [2.05, 4.69) is 5.32 Å². The molecular weight excluding hydrogens is 566 g/mol. The second kappa shape index (κ2) is 10.6. The molecule has 1 aromatic rings. The third-order valence-electron chi connectivity index (χ3n) is 10.4. The van der Waals surface area contributed by atoms with Crippen molar-refractivity contribution in [1.29, 1.82) is 5.26 Å². The van der Waals surface area contributed by atoms with Crippen molar-refractivity contribution >= 4 is 40.4 Å². The molecular formula is C31H41N7O6. The van der Waals surface area contributed by atoms with Crippen molar-refractivity contribution in [3.63, 3.8) is 0 Å². The van der Waals surface area contributed by atoms with Crippen molar-refractivity contribution < 1.29 is 29.1 Å². The molecule has 0 saturated heterocycles. The number of likely N-dealkylation sites (N-methyl/N-ethyl adjacent to an activating group) is 1. The highest BCUT2D eigenvalue weighted by molar-refractivity contribution is 6.33. The van der Waals surface area contributed by atoms with Crippen LogP contribution in [-0.4, -0.2) is 90.9 Å². The monoisotopic (exact) mass is 607 g/mol. The predicted molar refractivity (Wildman–Crippen MR) is 161 cm³/mol. The van der Waals surface area contributed by atoms with Crippen LogP contribution in [0.4, 0.5) is 11.4 Å². The summed E-state index contributed by atoms with van der Waals surface area (Å²) < 4.78 is 0. The lowest BCUT2D eigenvalue weighted by Gasteiger charge is -2.60. The Balaban J connectivity index is 1.68. The average Bonchev–Trinajstić information content (AvgIpc) is 2.92. The molecule has 13 heteroatoms. The Morgan fingerprint density at radius 3 is 2.27 bits per heavy atom. The maximum Gasteiger partial charge on any atom is 0.235 e. The number of rotatable bonds is 6. The van der Waals surface area contributed by atoms with Crippen LogP contribution in [0.2, 0.25) is 0 Å². The molecule has 2 unspecified atom stereocenters. The summed E-state index contributed by atoms with van der Waals surface area (Å²) in [5.41, 5.74) is 13.8.